The fraction of sp³-hybridized carbons (Fsp3) is 0.263. The van der Waals surface area contributed by atoms with Gasteiger partial charge < -0.3 is 14.4 Å². The third-order valence-electron chi connectivity index (χ3n) is 4.30. The molecular formula is C19H16ClN7O3S. The van der Waals surface area contributed by atoms with Crippen molar-refractivity contribution in [3.8, 4) is 11.3 Å². The Morgan fingerprint density at radius 3 is 3.10 bits per heavy atom. The van der Waals surface area contributed by atoms with Gasteiger partial charge in [0.25, 0.3) is 11.1 Å². The lowest BCUT2D eigenvalue weighted by Crippen LogP contribution is -2.43. The molecule has 31 heavy (non-hydrogen) atoms. The van der Waals surface area contributed by atoms with E-state index in [-0.39, 0.29) is 17.6 Å². The normalized spacial score (nSPS) is 15.9. The molecule has 0 spiro atoms. The molecule has 1 aliphatic rings. The number of ether oxygens (including phenoxy) is 2. The van der Waals surface area contributed by atoms with Crippen molar-refractivity contribution in [2.75, 3.05) is 29.9 Å². The quantitative estimate of drug-likeness (QED) is 0.593. The van der Waals surface area contributed by atoms with Gasteiger partial charge in [0.2, 0.25) is 5.13 Å². The molecule has 1 unspecified atom stereocenters. The average molecular weight is 458 g/mol. The molecule has 1 saturated heterocycles. The number of carbonyl (C=O) groups is 1. The molecule has 4 heterocycles. The van der Waals surface area contributed by atoms with E-state index in [0.29, 0.717) is 47.0 Å². The van der Waals surface area contributed by atoms with Crippen LogP contribution in [0, 0.1) is 11.3 Å². The van der Waals surface area contributed by atoms with E-state index in [0.717, 1.165) is 11.3 Å². The Kier molecular flexibility index (Phi) is 6.51. The maximum absolute atomic E-state index is 12.9. The number of carbonyl (C=O) groups excluding carboxylic acids is 1. The molecule has 1 atom stereocenters. The summed E-state index contributed by atoms with van der Waals surface area (Å²) in [6, 6.07) is 8.90. The van der Waals surface area contributed by atoms with Crippen LogP contribution >= 0.6 is 22.9 Å². The van der Waals surface area contributed by atoms with Crippen molar-refractivity contribution in [2.24, 2.45) is 0 Å². The van der Waals surface area contributed by atoms with Crippen molar-refractivity contribution < 1.29 is 14.3 Å². The summed E-state index contributed by atoms with van der Waals surface area (Å²) >= 11 is 6.91. The second-order valence-electron chi connectivity index (χ2n) is 6.39. The predicted molar refractivity (Wildman–Crippen MR) is 113 cm³/mol. The van der Waals surface area contributed by atoms with Crippen molar-refractivity contribution >= 4 is 39.8 Å². The van der Waals surface area contributed by atoms with Crippen LogP contribution in [0.5, 0.6) is 5.19 Å². The van der Waals surface area contributed by atoms with Gasteiger partial charge in [-0.1, -0.05) is 16.7 Å². The van der Waals surface area contributed by atoms with Crippen LogP contribution in [0.25, 0.3) is 0 Å². The van der Waals surface area contributed by atoms with Crippen molar-refractivity contribution in [2.45, 2.75) is 12.7 Å². The van der Waals surface area contributed by atoms with Crippen LogP contribution in [-0.2, 0) is 11.3 Å². The summed E-state index contributed by atoms with van der Waals surface area (Å²) in [5.74, 6) is 0.100. The zero-order valence-corrected chi connectivity index (χ0v) is 17.6. The number of nitrogens with one attached hydrogen (secondary N) is 1. The lowest BCUT2D eigenvalue weighted by Gasteiger charge is -2.31. The van der Waals surface area contributed by atoms with E-state index >= 15 is 0 Å². The number of hydrogen-bond acceptors (Lipinski definition) is 10. The monoisotopic (exact) mass is 457 g/mol. The van der Waals surface area contributed by atoms with Crippen LogP contribution < -0.4 is 15.0 Å². The number of nitrogens with zero attached hydrogens (tertiary/aromatic N) is 6. The van der Waals surface area contributed by atoms with E-state index in [1.165, 1.54) is 6.20 Å². The third kappa shape index (κ3) is 5.24. The molecule has 10 nitrogen and oxygen atoms in total. The summed E-state index contributed by atoms with van der Waals surface area (Å²) in [6.07, 6.45) is 2.57. The molecule has 0 aliphatic carbocycles. The minimum atomic E-state index is -0.565. The Morgan fingerprint density at radius 2 is 2.29 bits per heavy atom. The number of hydrogen-bond donors (Lipinski definition) is 1. The fourth-order valence-corrected chi connectivity index (χ4v) is 3.56. The number of amides is 1. The van der Waals surface area contributed by atoms with E-state index in [2.05, 4.69) is 31.6 Å². The SMILES string of the molecule is N#CC1CN(c2ncccc2C(=O)Nc2nnc(OCc3ccc(Cl)cn3)s2)CCO1. The number of morpholine rings is 1. The van der Waals surface area contributed by atoms with Gasteiger partial charge in [0.05, 0.1) is 35.5 Å². The maximum Gasteiger partial charge on any atom is 0.296 e. The van der Waals surface area contributed by atoms with Gasteiger partial charge in [-0.05, 0) is 35.6 Å². The van der Waals surface area contributed by atoms with Crippen molar-refractivity contribution in [1.29, 1.82) is 5.26 Å². The summed E-state index contributed by atoms with van der Waals surface area (Å²) < 4.78 is 10.9. The first-order valence-electron chi connectivity index (χ1n) is 9.21. The summed E-state index contributed by atoms with van der Waals surface area (Å²) in [5, 5.41) is 20.8. The van der Waals surface area contributed by atoms with Gasteiger partial charge in [-0.15, -0.1) is 5.10 Å². The first kappa shape index (κ1) is 20.9. The van der Waals surface area contributed by atoms with E-state index in [9.17, 15) is 4.79 Å². The highest BCUT2D eigenvalue weighted by atomic mass is 35.5. The van der Waals surface area contributed by atoms with Crippen LogP contribution in [0.3, 0.4) is 0 Å². The first-order chi connectivity index (χ1) is 15.1. The Balaban J connectivity index is 1.41. The summed E-state index contributed by atoms with van der Waals surface area (Å²) in [6.45, 7) is 1.45. The highest BCUT2D eigenvalue weighted by Gasteiger charge is 2.25. The van der Waals surface area contributed by atoms with Crippen molar-refractivity contribution in [3.63, 3.8) is 0 Å². The molecule has 0 radical (unpaired) electrons. The maximum atomic E-state index is 12.9. The molecule has 158 valence electrons. The Labute approximate surface area is 186 Å². The molecule has 3 aromatic heterocycles. The highest BCUT2D eigenvalue weighted by molar-refractivity contribution is 7.17. The van der Waals surface area contributed by atoms with Crippen molar-refractivity contribution in [1.82, 2.24) is 20.2 Å². The number of rotatable bonds is 6. The van der Waals surface area contributed by atoms with Crippen molar-refractivity contribution in [3.05, 3.63) is 52.9 Å². The average Bonchev–Trinajstić information content (AvgIpc) is 3.26. The predicted octanol–water partition coefficient (Wildman–Crippen LogP) is 2.54. The van der Waals surface area contributed by atoms with Crippen LogP contribution in [0.4, 0.5) is 10.9 Å². The molecule has 0 saturated carbocycles. The number of nitriles is 1. The number of aromatic nitrogens is 4. The summed E-state index contributed by atoms with van der Waals surface area (Å²) in [4.78, 5) is 23.2. The van der Waals surface area contributed by atoms with Gasteiger partial charge in [0.1, 0.15) is 12.4 Å². The van der Waals surface area contributed by atoms with Gasteiger partial charge in [0, 0.05) is 18.9 Å². The van der Waals surface area contributed by atoms with E-state index in [1.54, 1.807) is 30.5 Å². The minimum absolute atomic E-state index is 0.198. The second kappa shape index (κ2) is 9.65. The molecule has 3 aromatic rings. The molecule has 4 rings (SSSR count). The molecule has 1 N–H and O–H groups in total. The van der Waals surface area contributed by atoms with Gasteiger partial charge in [0.15, 0.2) is 6.10 Å². The van der Waals surface area contributed by atoms with Crippen LogP contribution in [-0.4, -0.2) is 51.9 Å². The zero-order valence-electron chi connectivity index (χ0n) is 16.1. The lowest BCUT2D eigenvalue weighted by atomic mass is 10.2. The van der Waals surface area contributed by atoms with Crippen LogP contribution in [0.1, 0.15) is 16.1 Å². The molecule has 0 aromatic carbocycles. The number of pyridine rings is 2. The van der Waals surface area contributed by atoms with E-state index in [4.69, 9.17) is 26.3 Å². The topological polar surface area (TPSA) is 126 Å². The lowest BCUT2D eigenvalue weighted by molar-refractivity contribution is 0.0759. The Morgan fingerprint density at radius 1 is 1.39 bits per heavy atom. The third-order valence-corrected chi connectivity index (χ3v) is 5.28. The molecule has 0 bridgehead atoms. The Hall–Kier alpha value is -3.33. The fourth-order valence-electron chi connectivity index (χ4n) is 2.86. The first-order valence-corrected chi connectivity index (χ1v) is 10.4. The summed E-state index contributed by atoms with van der Waals surface area (Å²) in [7, 11) is 0. The van der Waals surface area contributed by atoms with E-state index in [1.807, 2.05) is 4.90 Å². The zero-order chi connectivity index (χ0) is 21.6. The molecule has 1 amide bonds. The van der Waals surface area contributed by atoms with Gasteiger partial charge in [-0.3, -0.25) is 15.1 Å². The summed E-state index contributed by atoms with van der Waals surface area (Å²) in [5.41, 5.74) is 1.05. The standard InChI is InChI=1S/C19H16ClN7O3S/c20-12-3-4-13(23-9-12)11-30-19-26-25-18(31-19)24-17(28)15-2-1-5-22-16(15)27-6-7-29-14(8-21)10-27/h1-5,9,14H,6-7,10-11H2,(H,24,25,28). The van der Waals surface area contributed by atoms with Gasteiger partial charge in [-0.25, -0.2) is 4.98 Å². The second-order valence-corrected chi connectivity index (χ2v) is 7.77. The highest BCUT2D eigenvalue weighted by Crippen LogP contribution is 2.25. The van der Waals surface area contributed by atoms with Crippen LogP contribution in [0.15, 0.2) is 36.7 Å². The minimum Gasteiger partial charge on any atom is -0.462 e. The largest absolute Gasteiger partial charge is 0.462 e. The molecule has 1 aliphatic heterocycles. The Bertz CT molecular complexity index is 1100. The van der Waals surface area contributed by atoms with E-state index < -0.39 is 6.10 Å². The van der Waals surface area contributed by atoms with Gasteiger partial charge in [-0.2, -0.15) is 5.26 Å². The molecule has 12 heteroatoms. The van der Waals surface area contributed by atoms with Gasteiger partial charge >= 0.3 is 0 Å². The number of anilines is 2. The molecular weight excluding hydrogens is 442 g/mol. The smallest absolute Gasteiger partial charge is 0.296 e. The number of halogens is 1. The van der Waals surface area contributed by atoms with Crippen LogP contribution in [0.2, 0.25) is 5.02 Å². The molecule has 1 fully saturated rings.